The van der Waals surface area contributed by atoms with Crippen LogP contribution in [0.4, 0.5) is 5.13 Å². The van der Waals surface area contributed by atoms with Gasteiger partial charge in [0, 0.05) is 29.1 Å². The largest absolute Gasteiger partial charge is 0.489 e. The van der Waals surface area contributed by atoms with Crippen LogP contribution in [0.15, 0.2) is 48.0 Å². The first-order chi connectivity index (χ1) is 15.3. The number of piperidine rings is 1. The van der Waals surface area contributed by atoms with E-state index in [2.05, 4.69) is 15.3 Å². The first kappa shape index (κ1) is 22.7. The summed E-state index contributed by atoms with van der Waals surface area (Å²) in [5, 5.41) is 5.62. The van der Waals surface area contributed by atoms with Crippen molar-refractivity contribution in [1.82, 2.24) is 14.3 Å². The molecule has 0 radical (unpaired) electrons. The van der Waals surface area contributed by atoms with Gasteiger partial charge in [-0.3, -0.25) is 10.1 Å². The van der Waals surface area contributed by atoms with Gasteiger partial charge in [0.2, 0.25) is 10.0 Å². The molecule has 0 spiro atoms. The monoisotopic (exact) mass is 492 g/mol. The van der Waals surface area contributed by atoms with Crippen molar-refractivity contribution in [2.24, 2.45) is 0 Å². The Labute approximate surface area is 195 Å². The van der Waals surface area contributed by atoms with Gasteiger partial charge in [0.25, 0.3) is 5.91 Å². The second-order valence-electron chi connectivity index (χ2n) is 7.33. The number of carbonyl (C=O) groups is 1. The standard InChI is InChI=1S/C21H21ClN4O4S2/c1-32(28,29)26-10-8-14(9-11-26)30-15-6-7-18(23-12-15)20(27)25-21-24-19(13-31-21)16-4-2-3-5-17(16)22/h2-7,12-14H,8-11H2,1H3,(H,24,25,27). The van der Waals surface area contributed by atoms with Crippen molar-refractivity contribution >= 4 is 44.0 Å². The molecule has 1 N–H and O–H groups in total. The van der Waals surface area contributed by atoms with Crippen molar-refractivity contribution in [2.45, 2.75) is 18.9 Å². The third-order valence-electron chi connectivity index (χ3n) is 5.02. The van der Waals surface area contributed by atoms with E-state index < -0.39 is 10.0 Å². The van der Waals surface area contributed by atoms with Gasteiger partial charge in [-0.05, 0) is 31.0 Å². The molecule has 0 bridgehead atoms. The van der Waals surface area contributed by atoms with E-state index in [1.54, 1.807) is 18.2 Å². The van der Waals surface area contributed by atoms with Gasteiger partial charge in [0.05, 0.1) is 18.1 Å². The number of anilines is 1. The number of nitrogens with one attached hydrogen (secondary N) is 1. The lowest BCUT2D eigenvalue weighted by Crippen LogP contribution is -2.41. The Balaban J connectivity index is 1.34. The van der Waals surface area contributed by atoms with E-state index in [0.717, 1.165) is 5.56 Å². The summed E-state index contributed by atoms with van der Waals surface area (Å²) >= 11 is 7.51. The molecular weight excluding hydrogens is 472 g/mol. The molecule has 0 atom stereocenters. The number of pyridine rings is 1. The third kappa shape index (κ3) is 5.44. The minimum atomic E-state index is -3.17. The fourth-order valence-electron chi connectivity index (χ4n) is 3.34. The maximum atomic E-state index is 12.5. The smallest absolute Gasteiger partial charge is 0.276 e. The molecule has 1 fully saturated rings. The highest BCUT2D eigenvalue weighted by Gasteiger charge is 2.26. The number of aromatic nitrogens is 2. The number of amides is 1. The van der Waals surface area contributed by atoms with E-state index in [9.17, 15) is 13.2 Å². The predicted molar refractivity (Wildman–Crippen MR) is 125 cm³/mol. The van der Waals surface area contributed by atoms with Crippen LogP contribution in [0.5, 0.6) is 5.75 Å². The Kier molecular flexibility index (Phi) is 6.75. The van der Waals surface area contributed by atoms with E-state index in [-0.39, 0.29) is 17.7 Å². The topological polar surface area (TPSA) is 101 Å². The summed E-state index contributed by atoms with van der Waals surface area (Å²) in [6.45, 7) is 0.864. The van der Waals surface area contributed by atoms with Gasteiger partial charge in [-0.2, -0.15) is 0 Å². The van der Waals surface area contributed by atoms with Crippen molar-refractivity contribution in [3.05, 3.63) is 58.7 Å². The lowest BCUT2D eigenvalue weighted by atomic mass is 10.1. The van der Waals surface area contributed by atoms with E-state index in [1.807, 2.05) is 23.6 Å². The van der Waals surface area contributed by atoms with Crippen LogP contribution in [0.2, 0.25) is 5.02 Å². The summed E-state index contributed by atoms with van der Waals surface area (Å²) in [7, 11) is -3.17. The average molecular weight is 493 g/mol. The van der Waals surface area contributed by atoms with E-state index in [4.69, 9.17) is 16.3 Å². The van der Waals surface area contributed by atoms with Gasteiger partial charge in [-0.25, -0.2) is 22.7 Å². The number of sulfonamides is 1. The quantitative estimate of drug-likeness (QED) is 0.559. The molecule has 1 amide bonds. The number of hydrogen-bond donors (Lipinski definition) is 1. The highest BCUT2D eigenvalue weighted by atomic mass is 35.5. The van der Waals surface area contributed by atoms with E-state index in [1.165, 1.54) is 28.1 Å². The number of benzene rings is 1. The number of ether oxygens (including phenoxy) is 1. The summed E-state index contributed by atoms with van der Waals surface area (Å²) in [5.41, 5.74) is 1.72. The Hall–Kier alpha value is -2.53. The van der Waals surface area contributed by atoms with Crippen LogP contribution in [0.25, 0.3) is 11.3 Å². The van der Waals surface area contributed by atoms with Gasteiger partial charge in [-0.1, -0.05) is 29.8 Å². The summed E-state index contributed by atoms with van der Waals surface area (Å²) in [5.74, 6) is 0.160. The van der Waals surface area contributed by atoms with Crippen molar-refractivity contribution in [3.63, 3.8) is 0 Å². The number of nitrogens with zero attached hydrogens (tertiary/aromatic N) is 3. The van der Waals surface area contributed by atoms with Crippen LogP contribution in [0.1, 0.15) is 23.3 Å². The highest BCUT2D eigenvalue weighted by Crippen LogP contribution is 2.30. The van der Waals surface area contributed by atoms with Crippen LogP contribution >= 0.6 is 22.9 Å². The number of rotatable bonds is 6. The van der Waals surface area contributed by atoms with Crippen LogP contribution in [0, 0.1) is 0 Å². The number of halogens is 1. The fourth-order valence-corrected chi connectivity index (χ4v) is 5.16. The Morgan fingerprint density at radius 1 is 1.22 bits per heavy atom. The van der Waals surface area contributed by atoms with Crippen molar-refractivity contribution < 1.29 is 17.9 Å². The van der Waals surface area contributed by atoms with Crippen molar-refractivity contribution in [2.75, 3.05) is 24.7 Å². The molecule has 11 heteroatoms. The molecule has 168 valence electrons. The molecule has 0 unspecified atom stereocenters. The average Bonchev–Trinajstić information content (AvgIpc) is 3.22. The van der Waals surface area contributed by atoms with Gasteiger partial charge in [0.15, 0.2) is 5.13 Å². The van der Waals surface area contributed by atoms with Crippen LogP contribution in [0.3, 0.4) is 0 Å². The zero-order valence-corrected chi connectivity index (χ0v) is 19.6. The molecule has 2 aromatic heterocycles. The predicted octanol–water partition coefficient (Wildman–Crippen LogP) is 3.91. The molecule has 1 aromatic carbocycles. The zero-order chi connectivity index (χ0) is 22.7. The third-order valence-corrected chi connectivity index (χ3v) is 7.41. The number of thiazole rings is 1. The zero-order valence-electron chi connectivity index (χ0n) is 17.2. The molecule has 3 heterocycles. The van der Waals surface area contributed by atoms with Crippen molar-refractivity contribution in [3.8, 4) is 17.0 Å². The Bertz CT molecular complexity index is 1210. The number of hydrogen-bond acceptors (Lipinski definition) is 7. The SMILES string of the molecule is CS(=O)(=O)N1CCC(Oc2ccc(C(=O)Nc3nc(-c4ccccc4Cl)cs3)nc2)CC1. The molecular formula is C21H21ClN4O4S2. The molecule has 1 saturated heterocycles. The van der Waals surface area contributed by atoms with Crippen LogP contribution < -0.4 is 10.1 Å². The fraction of sp³-hybridized carbons (Fsp3) is 0.286. The summed E-state index contributed by atoms with van der Waals surface area (Å²) < 4.78 is 30.5. The second kappa shape index (κ2) is 9.53. The van der Waals surface area contributed by atoms with E-state index in [0.29, 0.717) is 47.5 Å². The second-order valence-corrected chi connectivity index (χ2v) is 10.6. The normalized spacial score (nSPS) is 15.4. The molecule has 1 aliphatic rings. The molecule has 0 aliphatic carbocycles. The van der Waals surface area contributed by atoms with Gasteiger partial charge < -0.3 is 4.74 Å². The highest BCUT2D eigenvalue weighted by molar-refractivity contribution is 7.88. The van der Waals surface area contributed by atoms with Crippen LogP contribution in [-0.2, 0) is 10.0 Å². The molecule has 0 saturated carbocycles. The first-order valence-corrected chi connectivity index (χ1v) is 13.0. The van der Waals surface area contributed by atoms with E-state index >= 15 is 0 Å². The summed E-state index contributed by atoms with van der Waals surface area (Å²) in [6, 6.07) is 10.6. The lowest BCUT2D eigenvalue weighted by Gasteiger charge is -2.30. The molecule has 1 aliphatic heterocycles. The minimum absolute atomic E-state index is 0.0898. The van der Waals surface area contributed by atoms with Gasteiger partial charge >= 0.3 is 0 Å². The Morgan fingerprint density at radius 2 is 1.97 bits per heavy atom. The molecule has 3 aromatic rings. The first-order valence-electron chi connectivity index (χ1n) is 9.89. The minimum Gasteiger partial charge on any atom is -0.489 e. The summed E-state index contributed by atoms with van der Waals surface area (Å²) in [4.78, 5) is 21.1. The van der Waals surface area contributed by atoms with Gasteiger partial charge in [-0.15, -0.1) is 11.3 Å². The lowest BCUT2D eigenvalue weighted by molar-refractivity contribution is 0.102. The maximum absolute atomic E-state index is 12.5. The number of carbonyl (C=O) groups excluding carboxylic acids is 1. The van der Waals surface area contributed by atoms with Gasteiger partial charge in [0.1, 0.15) is 17.5 Å². The Morgan fingerprint density at radius 3 is 2.62 bits per heavy atom. The molecule has 4 rings (SSSR count). The van der Waals surface area contributed by atoms with Crippen LogP contribution in [-0.4, -0.2) is 54.0 Å². The summed E-state index contributed by atoms with van der Waals surface area (Å²) in [6.07, 6.45) is 3.83. The maximum Gasteiger partial charge on any atom is 0.276 e. The molecule has 32 heavy (non-hydrogen) atoms. The molecule has 8 nitrogen and oxygen atoms in total. The van der Waals surface area contributed by atoms with Crippen molar-refractivity contribution in [1.29, 1.82) is 0 Å².